The summed E-state index contributed by atoms with van der Waals surface area (Å²) in [5.41, 5.74) is 0.0785. The van der Waals surface area contributed by atoms with Crippen molar-refractivity contribution in [2.75, 3.05) is 6.61 Å². The predicted molar refractivity (Wildman–Crippen MR) is 82.7 cm³/mol. The Labute approximate surface area is 129 Å². The smallest absolute Gasteiger partial charge is 0.224 e. The van der Waals surface area contributed by atoms with Gasteiger partial charge in [-0.05, 0) is 30.2 Å². The number of aromatic nitrogens is 2. The Kier molecular flexibility index (Phi) is 3.88. The van der Waals surface area contributed by atoms with Gasteiger partial charge in [0.2, 0.25) is 11.8 Å². The molecule has 4 nitrogen and oxygen atoms in total. The van der Waals surface area contributed by atoms with E-state index >= 15 is 0 Å². The summed E-state index contributed by atoms with van der Waals surface area (Å²) in [5.74, 6) is 1.79. The van der Waals surface area contributed by atoms with Gasteiger partial charge in [-0.1, -0.05) is 26.8 Å². The zero-order valence-corrected chi connectivity index (χ0v) is 13.8. The molecular weight excluding hydrogens is 284 g/mol. The molecule has 0 aromatic carbocycles. The molecule has 1 fully saturated rings. The number of nitrogens with zero attached hydrogens (tertiary/aromatic N) is 2. The maximum atomic E-state index is 5.98. The molecule has 0 saturated carbocycles. The second kappa shape index (κ2) is 5.54. The monoisotopic (exact) mass is 306 g/mol. The second-order valence-electron chi connectivity index (χ2n) is 6.77. The minimum atomic E-state index is 0.0785. The van der Waals surface area contributed by atoms with Gasteiger partial charge in [-0.25, -0.2) is 0 Å². The zero-order chi connectivity index (χ0) is 15.0. The van der Waals surface area contributed by atoms with Crippen LogP contribution in [0.15, 0.2) is 21.9 Å². The van der Waals surface area contributed by atoms with Gasteiger partial charge in [0.15, 0.2) is 0 Å². The average molecular weight is 306 g/mol. The summed E-state index contributed by atoms with van der Waals surface area (Å²) in [7, 11) is 0. The Balaban J connectivity index is 1.82. The van der Waals surface area contributed by atoms with Gasteiger partial charge in [0, 0.05) is 11.5 Å². The first-order valence-electron chi connectivity index (χ1n) is 7.45. The van der Waals surface area contributed by atoms with Crippen LogP contribution in [0, 0.1) is 5.41 Å². The third kappa shape index (κ3) is 2.90. The van der Waals surface area contributed by atoms with Crippen molar-refractivity contribution in [1.82, 2.24) is 10.2 Å². The lowest BCUT2D eigenvalue weighted by atomic mass is 9.81. The van der Waals surface area contributed by atoms with Crippen molar-refractivity contribution in [2.24, 2.45) is 5.41 Å². The molecule has 114 valence electrons. The van der Waals surface area contributed by atoms with Crippen LogP contribution in [0.1, 0.15) is 62.6 Å². The molecule has 0 aliphatic carbocycles. The molecule has 3 rings (SSSR count). The van der Waals surface area contributed by atoms with Gasteiger partial charge < -0.3 is 9.15 Å². The van der Waals surface area contributed by atoms with Gasteiger partial charge >= 0.3 is 0 Å². The summed E-state index contributed by atoms with van der Waals surface area (Å²) >= 11 is 1.72. The first kappa shape index (κ1) is 14.7. The number of thiophene rings is 1. The average Bonchev–Trinajstić information content (AvgIpc) is 3.16. The molecule has 0 radical (unpaired) electrons. The van der Waals surface area contributed by atoms with E-state index in [0.29, 0.717) is 5.89 Å². The van der Waals surface area contributed by atoms with E-state index in [1.165, 1.54) is 4.88 Å². The number of hydrogen-bond donors (Lipinski definition) is 0. The fraction of sp³-hybridized carbons (Fsp3) is 0.625. The van der Waals surface area contributed by atoms with Crippen molar-refractivity contribution in [3.8, 4) is 0 Å². The Bertz CT molecular complexity index is 586. The Morgan fingerprint density at radius 2 is 2.14 bits per heavy atom. The quantitative estimate of drug-likeness (QED) is 0.852. The van der Waals surface area contributed by atoms with Crippen LogP contribution < -0.4 is 0 Å². The fourth-order valence-corrected chi connectivity index (χ4v) is 3.70. The molecule has 21 heavy (non-hydrogen) atoms. The van der Waals surface area contributed by atoms with Crippen molar-refractivity contribution < 1.29 is 9.15 Å². The topological polar surface area (TPSA) is 48.2 Å². The van der Waals surface area contributed by atoms with Crippen molar-refractivity contribution in [1.29, 1.82) is 0 Å². The maximum Gasteiger partial charge on any atom is 0.224 e. The lowest BCUT2D eigenvalue weighted by Crippen LogP contribution is -2.30. The highest BCUT2D eigenvalue weighted by atomic mass is 32.1. The summed E-state index contributed by atoms with van der Waals surface area (Å²) in [6.45, 7) is 9.46. The van der Waals surface area contributed by atoms with Gasteiger partial charge in [0.05, 0.1) is 17.9 Å². The highest BCUT2D eigenvalue weighted by Gasteiger charge is 2.41. The van der Waals surface area contributed by atoms with E-state index in [0.717, 1.165) is 18.9 Å². The van der Waals surface area contributed by atoms with E-state index in [2.05, 4.69) is 49.3 Å². The molecule has 5 heteroatoms. The van der Waals surface area contributed by atoms with Crippen LogP contribution in [0.3, 0.4) is 0 Å². The second-order valence-corrected chi connectivity index (χ2v) is 7.75. The predicted octanol–water partition coefficient (Wildman–Crippen LogP) is 4.20. The highest BCUT2D eigenvalue weighted by molar-refractivity contribution is 7.10. The largest absolute Gasteiger partial charge is 0.424 e. The third-order valence-corrected chi connectivity index (χ3v) is 5.11. The van der Waals surface area contributed by atoms with E-state index in [9.17, 15) is 0 Å². The fourth-order valence-electron chi connectivity index (χ4n) is 2.93. The number of hydrogen-bond acceptors (Lipinski definition) is 5. The van der Waals surface area contributed by atoms with Crippen LogP contribution in [0.25, 0.3) is 0 Å². The van der Waals surface area contributed by atoms with Crippen molar-refractivity contribution in [3.63, 3.8) is 0 Å². The molecule has 0 bridgehead atoms. The summed E-state index contributed by atoms with van der Waals surface area (Å²) in [5, 5.41) is 10.6. The first-order chi connectivity index (χ1) is 9.97. The van der Waals surface area contributed by atoms with Gasteiger partial charge in [-0.15, -0.1) is 21.5 Å². The molecule has 1 aliphatic heterocycles. The Morgan fingerprint density at radius 3 is 2.81 bits per heavy atom. The zero-order valence-electron chi connectivity index (χ0n) is 13.0. The molecule has 0 spiro atoms. The maximum absolute atomic E-state index is 5.98. The minimum absolute atomic E-state index is 0.0785. The molecule has 1 saturated heterocycles. The summed E-state index contributed by atoms with van der Waals surface area (Å²) in [4.78, 5) is 1.25. The SMILES string of the molecule is C[C@H](c1nnc([C@H]2CCO[C@@H]2C(C)(C)C)o1)c1cccs1. The molecule has 2 aromatic rings. The lowest BCUT2D eigenvalue weighted by Gasteiger charge is -2.29. The van der Waals surface area contributed by atoms with Crippen LogP contribution in [0.2, 0.25) is 0 Å². The summed E-state index contributed by atoms with van der Waals surface area (Å²) in [6, 6.07) is 4.16. The normalized spacial score (nSPS) is 24.4. The third-order valence-electron chi connectivity index (χ3n) is 4.06. The molecule has 0 unspecified atom stereocenters. The summed E-state index contributed by atoms with van der Waals surface area (Å²) in [6.07, 6.45) is 1.10. The van der Waals surface area contributed by atoms with Crippen LogP contribution in [0.5, 0.6) is 0 Å². The van der Waals surface area contributed by atoms with E-state index < -0.39 is 0 Å². The van der Waals surface area contributed by atoms with E-state index in [1.54, 1.807) is 11.3 Å². The molecular formula is C16H22N2O2S. The Morgan fingerprint density at radius 1 is 1.33 bits per heavy atom. The van der Waals surface area contributed by atoms with E-state index in [4.69, 9.17) is 9.15 Å². The molecule has 3 heterocycles. The highest BCUT2D eigenvalue weighted by Crippen LogP contribution is 2.41. The molecule has 3 atom stereocenters. The van der Waals surface area contributed by atoms with Gasteiger partial charge in [0.1, 0.15) is 0 Å². The van der Waals surface area contributed by atoms with E-state index in [1.807, 2.05) is 6.07 Å². The number of ether oxygens (including phenoxy) is 1. The molecule has 2 aromatic heterocycles. The van der Waals surface area contributed by atoms with Crippen LogP contribution in [-0.4, -0.2) is 22.9 Å². The molecule has 1 aliphatic rings. The van der Waals surface area contributed by atoms with Gasteiger partial charge in [0.25, 0.3) is 0 Å². The van der Waals surface area contributed by atoms with Crippen LogP contribution >= 0.6 is 11.3 Å². The first-order valence-corrected chi connectivity index (χ1v) is 8.33. The van der Waals surface area contributed by atoms with Crippen molar-refractivity contribution in [3.05, 3.63) is 34.2 Å². The van der Waals surface area contributed by atoms with E-state index in [-0.39, 0.29) is 23.4 Å². The number of rotatable bonds is 3. The van der Waals surface area contributed by atoms with Crippen LogP contribution in [0.4, 0.5) is 0 Å². The van der Waals surface area contributed by atoms with Crippen molar-refractivity contribution in [2.45, 2.75) is 52.1 Å². The van der Waals surface area contributed by atoms with Crippen molar-refractivity contribution >= 4 is 11.3 Å². The van der Waals surface area contributed by atoms with Crippen LogP contribution in [-0.2, 0) is 4.74 Å². The Hall–Kier alpha value is -1.20. The standard InChI is InChI=1S/C16H22N2O2S/c1-10(12-6-5-9-21-12)14-17-18-15(20-14)11-7-8-19-13(11)16(2,3)4/h5-6,9-11,13H,7-8H2,1-4H3/t10-,11-,13-/m0/s1. The molecule has 0 N–H and O–H groups in total. The van der Waals surface area contributed by atoms with Gasteiger partial charge in [-0.2, -0.15) is 0 Å². The lowest BCUT2D eigenvalue weighted by molar-refractivity contribution is 0.0170. The molecule has 0 amide bonds. The minimum Gasteiger partial charge on any atom is -0.424 e. The summed E-state index contributed by atoms with van der Waals surface area (Å²) < 4.78 is 11.9. The van der Waals surface area contributed by atoms with Gasteiger partial charge in [-0.3, -0.25) is 0 Å².